The molecule has 0 N–H and O–H groups in total. The van der Waals surface area contributed by atoms with Crippen molar-refractivity contribution in [1.29, 1.82) is 0 Å². The summed E-state index contributed by atoms with van der Waals surface area (Å²) in [5.41, 5.74) is 1.17. The number of nitrogens with zero attached hydrogens (tertiary/aromatic N) is 1. The van der Waals surface area contributed by atoms with Crippen LogP contribution in [-0.4, -0.2) is 19.7 Å². The Bertz CT molecular complexity index is 571. The summed E-state index contributed by atoms with van der Waals surface area (Å²) in [5.74, 6) is 0.864. The topological polar surface area (TPSA) is 38.7 Å². The first-order valence-corrected chi connectivity index (χ1v) is 5.45. The van der Waals surface area contributed by atoms with Crippen molar-refractivity contribution in [3.8, 4) is 5.75 Å². The predicted octanol–water partition coefficient (Wildman–Crippen LogP) is 2.73. The highest BCUT2D eigenvalue weighted by molar-refractivity contribution is 5.91. The van der Waals surface area contributed by atoms with Gasteiger partial charge in [0.15, 0.2) is 0 Å². The molecular weight excluding hydrogens is 214 g/mol. The van der Waals surface area contributed by atoms with Gasteiger partial charge in [-0.05, 0) is 23.4 Å². The van der Waals surface area contributed by atoms with Crippen LogP contribution in [0.25, 0.3) is 10.8 Å². The van der Waals surface area contributed by atoms with E-state index in [1.165, 1.54) is 5.56 Å². The molecule has 0 bridgehead atoms. The van der Waals surface area contributed by atoms with Crippen molar-refractivity contribution in [2.45, 2.75) is 6.42 Å². The number of hydrogen-bond acceptors (Lipinski definition) is 3. The second kappa shape index (κ2) is 5.28. The molecule has 0 radical (unpaired) electrons. The van der Waals surface area contributed by atoms with Crippen molar-refractivity contribution in [1.82, 2.24) is 0 Å². The molecule has 0 fully saturated rings. The van der Waals surface area contributed by atoms with Gasteiger partial charge in [-0.25, -0.2) is 9.79 Å². The predicted molar refractivity (Wildman–Crippen MR) is 67.2 cm³/mol. The molecule has 2 rings (SSSR count). The van der Waals surface area contributed by atoms with Crippen LogP contribution in [0.5, 0.6) is 5.75 Å². The van der Waals surface area contributed by atoms with Crippen LogP contribution in [0.4, 0.5) is 0 Å². The molecule has 2 aromatic carbocycles. The summed E-state index contributed by atoms with van der Waals surface area (Å²) in [5, 5.41) is 2.23. The highest BCUT2D eigenvalue weighted by Crippen LogP contribution is 2.28. The Kier molecular flexibility index (Phi) is 3.53. The van der Waals surface area contributed by atoms with Gasteiger partial charge in [0.2, 0.25) is 6.08 Å². The highest BCUT2D eigenvalue weighted by Gasteiger charge is 2.05. The van der Waals surface area contributed by atoms with Gasteiger partial charge in [0.25, 0.3) is 0 Å². The second-order valence-corrected chi connectivity index (χ2v) is 3.70. The Hall–Kier alpha value is -2.12. The molecule has 0 aliphatic carbocycles. The quantitative estimate of drug-likeness (QED) is 0.595. The average molecular weight is 227 g/mol. The third-order valence-corrected chi connectivity index (χ3v) is 2.75. The summed E-state index contributed by atoms with van der Waals surface area (Å²) in [7, 11) is 1.66. The van der Waals surface area contributed by atoms with Crippen molar-refractivity contribution < 1.29 is 9.53 Å². The average Bonchev–Trinajstić information content (AvgIpc) is 2.39. The molecule has 0 aliphatic rings. The van der Waals surface area contributed by atoms with Gasteiger partial charge in [-0.15, -0.1) is 0 Å². The molecule has 0 saturated heterocycles. The van der Waals surface area contributed by atoms with Gasteiger partial charge in [-0.1, -0.05) is 30.3 Å². The lowest BCUT2D eigenvalue weighted by Crippen LogP contribution is -1.93. The second-order valence-electron chi connectivity index (χ2n) is 3.70. The van der Waals surface area contributed by atoms with Crippen LogP contribution < -0.4 is 4.74 Å². The van der Waals surface area contributed by atoms with E-state index in [0.717, 1.165) is 22.9 Å². The lowest BCUT2D eigenvalue weighted by Gasteiger charge is -2.09. The van der Waals surface area contributed by atoms with E-state index < -0.39 is 0 Å². The van der Waals surface area contributed by atoms with Crippen LogP contribution in [0, 0.1) is 0 Å². The zero-order valence-electron chi connectivity index (χ0n) is 9.64. The van der Waals surface area contributed by atoms with Gasteiger partial charge in [-0.3, -0.25) is 0 Å². The van der Waals surface area contributed by atoms with E-state index in [4.69, 9.17) is 4.74 Å². The number of fused-ring (bicyclic) bond motifs is 1. The highest BCUT2D eigenvalue weighted by atomic mass is 16.5. The maximum atomic E-state index is 10.0. The molecule has 86 valence electrons. The van der Waals surface area contributed by atoms with Crippen molar-refractivity contribution in [3.05, 3.63) is 42.0 Å². The Morgan fingerprint density at radius 1 is 1.18 bits per heavy atom. The first-order valence-electron chi connectivity index (χ1n) is 5.45. The summed E-state index contributed by atoms with van der Waals surface area (Å²) in [4.78, 5) is 13.6. The van der Waals surface area contributed by atoms with E-state index in [1.54, 1.807) is 13.2 Å². The zero-order chi connectivity index (χ0) is 12.1. The summed E-state index contributed by atoms with van der Waals surface area (Å²) >= 11 is 0. The number of aliphatic imine (C=N–C) groups is 1. The minimum absolute atomic E-state index is 0.472. The Morgan fingerprint density at radius 3 is 2.65 bits per heavy atom. The van der Waals surface area contributed by atoms with Crippen LogP contribution >= 0.6 is 0 Å². The van der Waals surface area contributed by atoms with Crippen molar-refractivity contribution >= 4 is 16.9 Å². The molecule has 0 spiro atoms. The first-order chi connectivity index (χ1) is 8.36. The molecule has 0 aliphatic heterocycles. The van der Waals surface area contributed by atoms with E-state index >= 15 is 0 Å². The zero-order valence-corrected chi connectivity index (χ0v) is 9.64. The molecule has 0 unspecified atom stereocenters. The third-order valence-electron chi connectivity index (χ3n) is 2.75. The van der Waals surface area contributed by atoms with Gasteiger partial charge in [0.05, 0.1) is 13.7 Å². The lowest BCUT2D eigenvalue weighted by atomic mass is 10.0. The standard InChI is InChI=1S/C14H13NO2/c1-17-14-7-6-11(8-9-15-10-16)12-4-2-3-5-13(12)14/h2-7H,8-9H2,1H3. The fraction of sp³-hybridized carbons (Fsp3) is 0.214. The molecule has 3 heteroatoms. The van der Waals surface area contributed by atoms with E-state index in [9.17, 15) is 4.79 Å². The molecule has 0 atom stereocenters. The van der Waals surface area contributed by atoms with Gasteiger partial charge in [-0.2, -0.15) is 0 Å². The van der Waals surface area contributed by atoms with Crippen molar-refractivity contribution in [3.63, 3.8) is 0 Å². The van der Waals surface area contributed by atoms with Crippen molar-refractivity contribution in [2.24, 2.45) is 4.99 Å². The molecule has 2 aromatic rings. The van der Waals surface area contributed by atoms with Crippen molar-refractivity contribution in [2.75, 3.05) is 13.7 Å². The van der Waals surface area contributed by atoms with E-state index in [2.05, 4.69) is 11.1 Å². The Morgan fingerprint density at radius 2 is 1.94 bits per heavy atom. The normalized spacial score (nSPS) is 9.94. The number of hydrogen-bond donors (Lipinski definition) is 0. The molecular formula is C14H13NO2. The lowest BCUT2D eigenvalue weighted by molar-refractivity contribution is 0.419. The molecule has 0 heterocycles. The molecule has 17 heavy (non-hydrogen) atoms. The first kappa shape index (κ1) is 11.4. The van der Waals surface area contributed by atoms with Crippen LogP contribution in [0.1, 0.15) is 5.56 Å². The Labute approximate surface area is 99.7 Å². The summed E-state index contributed by atoms with van der Waals surface area (Å²) in [6, 6.07) is 12.0. The largest absolute Gasteiger partial charge is 0.496 e. The SMILES string of the molecule is COc1ccc(CCN=C=O)c2ccccc12. The fourth-order valence-corrected chi connectivity index (χ4v) is 1.95. The number of rotatable bonds is 4. The summed E-state index contributed by atoms with van der Waals surface area (Å²) < 4.78 is 5.32. The third kappa shape index (κ3) is 2.35. The summed E-state index contributed by atoms with van der Waals surface area (Å²) in [6.07, 6.45) is 2.29. The molecule has 3 nitrogen and oxygen atoms in total. The smallest absolute Gasteiger partial charge is 0.234 e. The molecule has 0 saturated carbocycles. The number of carbonyl (C=O) groups excluding carboxylic acids is 1. The van der Waals surface area contributed by atoms with Gasteiger partial charge in [0.1, 0.15) is 5.75 Å². The number of isocyanates is 1. The van der Waals surface area contributed by atoms with Gasteiger partial charge in [0, 0.05) is 5.39 Å². The van der Waals surface area contributed by atoms with Crippen LogP contribution in [-0.2, 0) is 11.2 Å². The minimum atomic E-state index is 0.472. The number of methoxy groups -OCH3 is 1. The maximum Gasteiger partial charge on any atom is 0.234 e. The Balaban J connectivity index is 2.46. The van der Waals surface area contributed by atoms with Crippen LogP contribution in [0.15, 0.2) is 41.4 Å². The molecule has 0 aromatic heterocycles. The molecule has 0 amide bonds. The monoisotopic (exact) mass is 227 g/mol. The number of ether oxygens (including phenoxy) is 1. The van der Waals surface area contributed by atoms with E-state index in [1.807, 2.05) is 30.3 Å². The van der Waals surface area contributed by atoms with E-state index in [0.29, 0.717) is 6.54 Å². The fourth-order valence-electron chi connectivity index (χ4n) is 1.95. The van der Waals surface area contributed by atoms with Gasteiger partial charge >= 0.3 is 0 Å². The number of benzene rings is 2. The van der Waals surface area contributed by atoms with Gasteiger partial charge < -0.3 is 4.74 Å². The maximum absolute atomic E-state index is 10.0. The van der Waals surface area contributed by atoms with Crippen LogP contribution in [0.3, 0.4) is 0 Å². The van der Waals surface area contributed by atoms with Crippen LogP contribution in [0.2, 0.25) is 0 Å². The van der Waals surface area contributed by atoms with E-state index in [-0.39, 0.29) is 0 Å². The summed E-state index contributed by atoms with van der Waals surface area (Å²) in [6.45, 7) is 0.472. The minimum Gasteiger partial charge on any atom is -0.496 e.